The molecule has 0 unspecified atom stereocenters. The van der Waals surface area contributed by atoms with E-state index in [2.05, 4.69) is 10.6 Å². The van der Waals surface area contributed by atoms with E-state index in [1.54, 1.807) is 171 Å². The van der Waals surface area contributed by atoms with E-state index in [0.717, 1.165) is 5.56 Å². The van der Waals surface area contributed by atoms with Crippen molar-refractivity contribution in [3.05, 3.63) is 53.6 Å². The van der Waals surface area contributed by atoms with Gasteiger partial charge in [0, 0.05) is 17.7 Å². The third-order valence-electron chi connectivity index (χ3n) is 9.23. The molecule has 0 aliphatic rings. The summed E-state index contributed by atoms with van der Waals surface area (Å²) < 4.78 is 145. The van der Waals surface area contributed by atoms with Crippen molar-refractivity contribution in [1.82, 2.24) is 10.6 Å². The maximum atomic E-state index is 12.6. The van der Waals surface area contributed by atoms with Gasteiger partial charge in [-0.15, -0.1) is 0 Å². The van der Waals surface area contributed by atoms with Gasteiger partial charge in [-0.1, -0.05) is 52.1 Å². The Morgan fingerprint density at radius 2 is 0.732 bits per heavy atom. The number of aldehydes is 1. The van der Waals surface area contributed by atoms with E-state index in [1.165, 1.54) is 35.9 Å². The summed E-state index contributed by atoms with van der Waals surface area (Å²) in [6.07, 6.45) is 1.51. The molecule has 574 valence electrons. The first kappa shape index (κ1) is 106. The number of hydrogen-bond acceptors (Lipinski definition) is 26. The molecular weight excluding hydrogens is 1370 g/mol. The van der Waals surface area contributed by atoms with E-state index in [4.69, 9.17) is 70.2 Å². The van der Waals surface area contributed by atoms with Crippen LogP contribution in [0.5, 0.6) is 0 Å². The van der Waals surface area contributed by atoms with Crippen molar-refractivity contribution in [1.29, 1.82) is 0 Å². The molecule has 0 aliphatic heterocycles. The Balaban J connectivity index is -0.000000212. The Kier molecular flexibility index (Phi) is 55.9. The lowest BCUT2D eigenvalue weighted by molar-refractivity contribution is -0.156. The normalized spacial score (nSPS) is 13.1. The number of ether oxygens (including phenoxy) is 5. The molecule has 0 aliphatic carbocycles. The molecular formula is C63H125N3O26P4S. The van der Waals surface area contributed by atoms with Crippen LogP contribution < -0.4 is 16.4 Å². The summed E-state index contributed by atoms with van der Waals surface area (Å²) in [6.45, 7) is 43.3. The third kappa shape index (κ3) is 62.5. The highest BCUT2D eigenvalue weighted by Crippen LogP contribution is 2.64. The van der Waals surface area contributed by atoms with Gasteiger partial charge in [-0.3, -0.25) is 37.2 Å². The van der Waals surface area contributed by atoms with Crippen LogP contribution in [-0.2, 0) is 107 Å². The number of carbonyl (C=O) groups is 6. The van der Waals surface area contributed by atoms with Crippen molar-refractivity contribution in [2.45, 2.75) is 259 Å². The highest BCUT2D eigenvalue weighted by molar-refractivity contribution is 7.85. The number of alkyl carbamates (subject to hydrolysis) is 2. The van der Waals surface area contributed by atoms with Gasteiger partial charge in [-0.25, -0.2) is 9.59 Å². The number of carbonyl (C=O) groups excluding carboxylic acids is 6. The fraction of sp³-hybridized carbons (Fsp3) is 0.746. The van der Waals surface area contributed by atoms with Crippen molar-refractivity contribution in [2.24, 2.45) is 5.73 Å². The zero-order valence-electron chi connectivity index (χ0n) is 59.8. The Labute approximate surface area is 581 Å². The predicted molar refractivity (Wildman–Crippen MR) is 380 cm³/mol. The van der Waals surface area contributed by atoms with E-state index in [-0.39, 0.29) is 105 Å². The standard InChI is InChI=1S/C18H34NO7P.C13H26NO5P.C13H23NO5.C9H22O6P2.C7H8O3S.3CH4/c1-9-23-27(22,24-10-2)12-11-14(13-15(20)25-17(3,4)5)19-16(21)26-18(6,7)8;1-6-17-20(16,18-7-2)9-8-11(14)10-12(15)19-13(3,4)5;1-12(2,3)18-10(16)7-9(8-15)14-11(17)19-13(4,5)6;1-5-12-16(10,13-6-2)9-17(11,14-7-3)15-8-4;1-6-2-4-7(5-3-6)11(8,9)10;;;/h11-12,14H,9-10,13H2,1-8H3,(H,19,21);8-9,11H,6-7,10,14H2,1-5H3;8-9H,7H2,1-6H3,(H,14,17);5-9H2,1-4H3;2-5H,1H3,(H,8,9,10);3*1H4/b12-11+;9-8+;;;;;;/t14-;11-;9-;;;;;/m110...../s1. The van der Waals surface area contributed by atoms with E-state index < -0.39 is 117 Å². The first-order valence-electron chi connectivity index (χ1n) is 30.5. The summed E-state index contributed by atoms with van der Waals surface area (Å²) in [5, 5.41) is 4.88. The van der Waals surface area contributed by atoms with Gasteiger partial charge in [0.05, 0.1) is 89.1 Å². The maximum absolute atomic E-state index is 12.6. The van der Waals surface area contributed by atoms with Crippen molar-refractivity contribution in [2.75, 3.05) is 58.8 Å². The Morgan fingerprint density at radius 3 is 1.00 bits per heavy atom. The Bertz CT molecular complexity index is 2640. The summed E-state index contributed by atoms with van der Waals surface area (Å²) >= 11 is 0. The molecule has 2 amide bonds. The molecule has 1 aromatic carbocycles. The van der Waals surface area contributed by atoms with Crippen LogP contribution in [0.3, 0.4) is 0 Å². The molecule has 3 atom stereocenters. The fourth-order valence-corrected chi connectivity index (χ4v) is 14.3. The van der Waals surface area contributed by atoms with Crippen LogP contribution in [0.2, 0.25) is 0 Å². The number of nitrogens with one attached hydrogen (secondary N) is 2. The van der Waals surface area contributed by atoms with Crippen molar-refractivity contribution in [3.63, 3.8) is 0 Å². The molecule has 0 heterocycles. The molecule has 1 aromatic rings. The average molecular weight is 1500 g/mol. The zero-order valence-corrected chi connectivity index (χ0v) is 64.2. The topological polar surface area (TPSA) is 395 Å². The predicted octanol–water partition coefficient (Wildman–Crippen LogP) is 15.7. The first-order valence-corrected chi connectivity index (χ1v) is 38.6. The number of aryl methyl sites for hydroxylation is 1. The van der Waals surface area contributed by atoms with Gasteiger partial charge in [0.1, 0.15) is 34.3 Å². The van der Waals surface area contributed by atoms with Gasteiger partial charge in [0.25, 0.3) is 10.1 Å². The Hall–Kier alpha value is -4.21. The van der Waals surface area contributed by atoms with Gasteiger partial charge in [0.15, 0.2) is 5.90 Å². The molecule has 0 aromatic heterocycles. The van der Waals surface area contributed by atoms with Crippen LogP contribution >= 0.6 is 30.4 Å². The van der Waals surface area contributed by atoms with Gasteiger partial charge in [0.2, 0.25) is 0 Å². The second-order valence-corrected chi connectivity index (χ2v) is 34.3. The fourth-order valence-electron chi connectivity index (χ4n) is 6.33. The molecule has 97 heavy (non-hydrogen) atoms. The van der Waals surface area contributed by atoms with Crippen LogP contribution in [0.25, 0.3) is 0 Å². The largest absolute Gasteiger partial charge is 0.460 e. The molecule has 0 saturated carbocycles. The van der Waals surface area contributed by atoms with E-state index >= 15 is 0 Å². The average Bonchev–Trinajstić information content (AvgIpc) is 0.867. The van der Waals surface area contributed by atoms with Crippen LogP contribution in [0.4, 0.5) is 9.59 Å². The van der Waals surface area contributed by atoms with E-state index in [9.17, 15) is 55.4 Å². The van der Waals surface area contributed by atoms with Crippen molar-refractivity contribution < 1.29 is 120 Å². The Morgan fingerprint density at radius 1 is 0.464 bits per heavy atom. The number of rotatable bonds is 32. The maximum Gasteiger partial charge on any atom is 0.408 e. The summed E-state index contributed by atoms with van der Waals surface area (Å²) in [6, 6.07) is 3.63. The van der Waals surface area contributed by atoms with E-state index in [1.807, 2.05) is 6.92 Å². The first-order chi connectivity index (χ1) is 42.7. The van der Waals surface area contributed by atoms with Gasteiger partial charge < -0.3 is 81.0 Å². The van der Waals surface area contributed by atoms with Gasteiger partial charge in [-0.05, 0) is 178 Å². The van der Waals surface area contributed by atoms with Crippen molar-refractivity contribution >= 4 is 76.9 Å². The minimum absolute atomic E-state index is 0. The molecule has 5 N–H and O–H groups in total. The van der Waals surface area contributed by atoms with Crippen molar-refractivity contribution in [3.8, 4) is 0 Å². The van der Waals surface area contributed by atoms with Crippen LogP contribution in [-0.4, -0.2) is 154 Å². The molecule has 0 fully saturated rings. The summed E-state index contributed by atoms with van der Waals surface area (Å²) in [7, 11) is -17.6. The van der Waals surface area contributed by atoms with Crippen LogP contribution in [0, 0.1) is 6.92 Å². The number of hydrogen-bond donors (Lipinski definition) is 4. The van der Waals surface area contributed by atoms with Crippen LogP contribution in [0.15, 0.2) is 52.9 Å². The second kappa shape index (κ2) is 51.0. The third-order valence-corrected chi connectivity index (χ3v) is 19.0. The molecule has 0 saturated heterocycles. The SMILES string of the molecule is C.C.C.CC(C)(C)OC(=O)C[C@@H](C=O)NC(=O)OC(C)(C)C.CCOP(=O)(/C=C/[C@@H](N)CC(=O)OC(C)(C)C)OCC.CCOP(=O)(/C=C/[C@H](CC(=O)OC(C)(C)C)NC(=O)OC(C)(C)C)OCC.CCOP(=O)(CP(=O)(OCC)OCC)OCC.Cc1ccc(S(=O)(=O)O)cc1. The minimum atomic E-state index is -4.02. The monoisotopic (exact) mass is 1500 g/mol. The molecule has 34 heteroatoms. The number of benzene rings is 1. The lowest BCUT2D eigenvalue weighted by Gasteiger charge is -2.24. The molecule has 29 nitrogen and oxygen atoms in total. The highest BCUT2D eigenvalue weighted by atomic mass is 32.2. The van der Waals surface area contributed by atoms with Gasteiger partial charge >= 0.3 is 60.5 Å². The lowest BCUT2D eigenvalue weighted by atomic mass is 10.1. The van der Waals surface area contributed by atoms with Gasteiger partial charge in [-0.2, -0.15) is 8.42 Å². The zero-order chi connectivity index (χ0) is 74.2. The second-order valence-electron chi connectivity index (χ2n) is 24.4. The van der Waals surface area contributed by atoms with E-state index in [0.29, 0.717) is 6.29 Å². The van der Waals surface area contributed by atoms with Crippen LogP contribution in [0.1, 0.15) is 206 Å². The quantitative estimate of drug-likeness (QED) is 0.0171. The molecule has 1 rings (SSSR count). The molecule has 0 spiro atoms. The minimum Gasteiger partial charge on any atom is -0.460 e. The highest BCUT2D eigenvalue weighted by Gasteiger charge is 2.38. The molecule has 0 bridgehead atoms. The number of nitrogens with two attached hydrogens (primary N) is 1. The summed E-state index contributed by atoms with van der Waals surface area (Å²) in [5.74, 6) is 0.721. The molecule has 0 radical (unpaired) electrons. The summed E-state index contributed by atoms with van der Waals surface area (Å²) in [5.41, 5.74) is 3.53. The smallest absolute Gasteiger partial charge is 0.408 e. The summed E-state index contributed by atoms with van der Waals surface area (Å²) in [4.78, 5) is 69.5. The lowest BCUT2D eigenvalue weighted by Crippen LogP contribution is -2.41. The number of amides is 2. The number of esters is 3.